The van der Waals surface area contributed by atoms with Gasteiger partial charge in [-0.1, -0.05) is 6.07 Å². The normalized spacial score (nSPS) is 20.7. The lowest BCUT2D eigenvalue weighted by Crippen LogP contribution is -2.45. The first kappa shape index (κ1) is 12.8. The second kappa shape index (κ2) is 5.41. The molecule has 1 aromatic carbocycles. The Morgan fingerprint density at radius 1 is 1.26 bits per heavy atom. The molecule has 0 saturated heterocycles. The Balaban J connectivity index is 1.57. The van der Waals surface area contributed by atoms with Gasteiger partial charge in [-0.2, -0.15) is 0 Å². The SMILES string of the molecule is COc1cccc(OC2(CCNC3CC3)CCC2)c1. The van der Waals surface area contributed by atoms with Gasteiger partial charge in [-0.05, 0) is 57.2 Å². The Bertz CT molecular complexity index is 425. The Kier molecular flexibility index (Phi) is 3.65. The Hall–Kier alpha value is -1.22. The summed E-state index contributed by atoms with van der Waals surface area (Å²) < 4.78 is 11.5. The number of ether oxygens (including phenoxy) is 2. The first-order valence-corrected chi connectivity index (χ1v) is 7.36. The molecule has 1 aromatic rings. The minimum absolute atomic E-state index is 0.0637. The highest BCUT2D eigenvalue weighted by molar-refractivity contribution is 5.33. The molecule has 0 atom stereocenters. The van der Waals surface area contributed by atoms with E-state index in [0.717, 1.165) is 30.5 Å². The molecule has 0 spiro atoms. The van der Waals surface area contributed by atoms with Crippen molar-refractivity contribution in [2.24, 2.45) is 0 Å². The highest BCUT2D eigenvalue weighted by Gasteiger charge is 2.39. The summed E-state index contributed by atoms with van der Waals surface area (Å²) in [7, 11) is 1.69. The average Bonchev–Trinajstić information content (AvgIpc) is 3.20. The van der Waals surface area contributed by atoms with E-state index in [-0.39, 0.29) is 5.60 Å². The van der Waals surface area contributed by atoms with E-state index < -0.39 is 0 Å². The predicted molar refractivity (Wildman–Crippen MR) is 75.8 cm³/mol. The zero-order chi connectivity index (χ0) is 13.1. The van der Waals surface area contributed by atoms with Crippen LogP contribution in [0.5, 0.6) is 11.5 Å². The van der Waals surface area contributed by atoms with Gasteiger partial charge in [0.15, 0.2) is 0 Å². The third-order valence-corrected chi connectivity index (χ3v) is 4.23. The van der Waals surface area contributed by atoms with Crippen molar-refractivity contribution in [3.8, 4) is 11.5 Å². The molecule has 0 heterocycles. The average molecular weight is 261 g/mol. The molecule has 3 nitrogen and oxygen atoms in total. The maximum atomic E-state index is 6.26. The van der Waals surface area contributed by atoms with Crippen LogP contribution in [-0.4, -0.2) is 25.3 Å². The minimum atomic E-state index is 0.0637. The van der Waals surface area contributed by atoms with E-state index in [0.29, 0.717) is 0 Å². The summed E-state index contributed by atoms with van der Waals surface area (Å²) in [5.41, 5.74) is 0.0637. The van der Waals surface area contributed by atoms with Gasteiger partial charge in [-0.15, -0.1) is 0 Å². The molecular weight excluding hydrogens is 238 g/mol. The van der Waals surface area contributed by atoms with Crippen LogP contribution in [0.15, 0.2) is 24.3 Å². The molecule has 0 aliphatic heterocycles. The van der Waals surface area contributed by atoms with E-state index in [1.54, 1.807) is 7.11 Å². The fourth-order valence-electron chi connectivity index (χ4n) is 2.68. The molecule has 0 unspecified atom stereocenters. The molecule has 19 heavy (non-hydrogen) atoms. The van der Waals surface area contributed by atoms with Crippen molar-refractivity contribution in [3.05, 3.63) is 24.3 Å². The van der Waals surface area contributed by atoms with Crippen molar-refractivity contribution in [2.45, 2.75) is 50.2 Å². The van der Waals surface area contributed by atoms with Gasteiger partial charge in [0.05, 0.1) is 7.11 Å². The van der Waals surface area contributed by atoms with Gasteiger partial charge in [0.1, 0.15) is 17.1 Å². The summed E-state index contributed by atoms with van der Waals surface area (Å²) in [6.07, 6.45) is 7.45. The molecule has 2 saturated carbocycles. The summed E-state index contributed by atoms with van der Waals surface area (Å²) in [5, 5.41) is 3.58. The zero-order valence-corrected chi connectivity index (χ0v) is 11.7. The molecule has 0 amide bonds. The molecular formula is C16H23NO2. The summed E-state index contributed by atoms with van der Waals surface area (Å²) >= 11 is 0. The molecule has 1 N–H and O–H groups in total. The van der Waals surface area contributed by atoms with Crippen molar-refractivity contribution in [1.29, 1.82) is 0 Å². The summed E-state index contributed by atoms with van der Waals surface area (Å²) in [4.78, 5) is 0. The quantitative estimate of drug-likeness (QED) is 0.818. The van der Waals surface area contributed by atoms with Crippen LogP contribution in [-0.2, 0) is 0 Å². The van der Waals surface area contributed by atoms with Crippen molar-refractivity contribution >= 4 is 0 Å². The predicted octanol–water partition coefficient (Wildman–Crippen LogP) is 3.14. The summed E-state index contributed by atoms with van der Waals surface area (Å²) in [6, 6.07) is 8.73. The maximum absolute atomic E-state index is 6.26. The van der Waals surface area contributed by atoms with Gasteiger partial charge in [0, 0.05) is 12.1 Å². The molecule has 104 valence electrons. The van der Waals surface area contributed by atoms with Crippen LogP contribution < -0.4 is 14.8 Å². The van der Waals surface area contributed by atoms with Gasteiger partial charge >= 0.3 is 0 Å². The number of hydrogen-bond acceptors (Lipinski definition) is 3. The highest BCUT2D eigenvalue weighted by atomic mass is 16.5. The Morgan fingerprint density at radius 2 is 2.05 bits per heavy atom. The van der Waals surface area contributed by atoms with Crippen molar-refractivity contribution in [2.75, 3.05) is 13.7 Å². The molecule has 0 aromatic heterocycles. The third kappa shape index (κ3) is 3.21. The van der Waals surface area contributed by atoms with Crippen LogP contribution in [0.1, 0.15) is 38.5 Å². The maximum Gasteiger partial charge on any atom is 0.123 e. The molecule has 2 aliphatic rings. The highest BCUT2D eigenvalue weighted by Crippen LogP contribution is 2.40. The molecule has 0 bridgehead atoms. The Morgan fingerprint density at radius 3 is 2.68 bits per heavy atom. The van der Waals surface area contributed by atoms with Gasteiger partial charge in [0.2, 0.25) is 0 Å². The summed E-state index contributed by atoms with van der Waals surface area (Å²) in [6.45, 7) is 1.08. The lowest BCUT2D eigenvalue weighted by atomic mass is 9.77. The lowest BCUT2D eigenvalue weighted by Gasteiger charge is -2.42. The van der Waals surface area contributed by atoms with Gasteiger partial charge < -0.3 is 14.8 Å². The molecule has 0 radical (unpaired) electrons. The molecule has 3 rings (SSSR count). The smallest absolute Gasteiger partial charge is 0.123 e. The van der Waals surface area contributed by atoms with E-state index in [1.165, 1.54) is 32.1 Å². The van der Waals surface area contributed by atoms with E-state index in [2.05, 4.69) is 5.32 Å². The number of methoxy groups -OCH3 is 1. The largest absolute Gasteiger partial charge is 0.497 e. The Labute approximate surface area is 115 Å². The molecule has 2 aliphatic carbocycles. The van der Waals surface area contributed by atoms with Gasteiger partial charge in [-0.3, -0.25) is 0 Å². The first-order valence-electron chi connectivity index (χ1n) is 7.36. The second-order valence-corrected chi connectivity index (χ2v) is 5.80. The standard InChI is InChI=1S/C16H23NO2/c1-18-14-4-2-5-15(12-14)19-16(8-3-9-16)10-11-17-13-6-7-13/h2,4-5,12-13,17H,3,6-11H2,1H3. The van der Waals surface area contributed by atoms with E-state index in [1.807, 2.05) is 24.3 Å². The van der Waals surface area contributed by atoms with Crippen molar-refractivity contribution in [1.82, 2.24) is 5.32 Å². The second-order valence-electron chi connectivity index (χ2n) is 5.80. The number of rotatable bonds is 7. The van der Waals surface area contributed by atoms with E-state index in [4.69, 9.17) is 9.47 Å². The number of hydrogen-bond donors (Lipinski definition) is 1. The van der Waals surface area contributed by atoms with Gasteiger partial charge in [0.25, 0.3) is 0 Å². The van der Waals surface area contributed by atoms with Crippen LogP contribution >= 0.6 is 0 Å². The minimum Gasteiger partial charge on any atom is -0.497 e. The zero-order valence-electron chi connectivity index (χ0n) is 11.7. The molecule has 3 heteroatoms. The van der Waals surface area contributed by atoms with Crippen LogP contribution in [0.4, 0.5) is 0 Å². The number of benzene rings is 1. The van der Waals surface area contributed by atoms with Crippen LogP contribution in [0.3, 0.4) is 0 Å². The monoisotopic (exact) mass is 261 g/mol. The molecule has 2 fully saturated rings. The fourth-order valence-corrected chi connectivity index (χ4v) is 2.68. The first-order chi connectivity index (χ1) is 9.30. The summed E-state index contributed by atoms with van der Waals surface area (Å²) in [5.74, 6) is 1.80. The lowest BCUT2D eigenvalue weighted by molar-refractivity contribution is -0.0144. The van der Waals surface area contributed by atoms with Crippen molar-refractivity contribution < 1.29 is 9.47 Å². The van der Waals surface area contributed by atoms with Crippen LogP contribution in [0.2, 0.25) is 0 Å². The van der Waals surface area contributed by atoms with Crippen LogP contribution in [0.25, 0.3) is 0 Å². The van der Waals surface area contributed by atoms with Crippen molar-refractivity contribution in [3.63, 3.8) is 0 Å². The van der Waals surface area contributed by atoms with Gasteiger partial charge in [-0.25, -0.2) is 0 Å². The van der Waals surface area contributed by atoms with E-state index in [9.17, 15) is 0 Å². The van der Waals surface area contributed by atoms with E-state index >= 15 is 0 Å². The topological polar surface area (TPSA) is 30.5 Å². The number of nitrogens with one attached hydrogen (secondary N) is 1. The third-order valence-electron chi connectivity index (χ3n) is 4.23. The fraction of sp³-hybridized carbons (Fsp3) is 0.625. The van der Waals surface area contributed by atoms with Crippen LogP contribution in [0, 0.1) is 0 Å².